The second kappa shape index (κ2) is 9.68. The van der Waals surface area contributed by atoms with E-state index >= 15 is 0 Å². The third-order valence-electron chi connectivity index (χ3n) is 3.48. The van der Waals surface area contributed by atoms with Gasteiger partial charge in [0, 0.05) is 27.6 Å². The average Bonchev–Trinajstić information content (AvgIpc) is 2.59. The summed E-state index contributed by atoms with van der Waals surface area (Å²) in [6.45, 7) is 0. The number of hydrogen-bond acceptors (Lipinski definition) is 7. The van der Waals surface area contributed by atoms with Gasteiger partial charge in [0.2, 0.25) is 0 Å². The zero-order valence-corrected chi connectivity index (χ0v) is 18.1. The molecule has 0 unspecified atom stereocenters. The van der Waals surface area contributed by atoms with Gasteiger partial charge in [-0.1, -0.05) is 41.4 Å². The summed E-state index contributed by atoms with van der Waals surface area (Å²) in [6.07, 6.45) is 1.13. The molecular formula is C17H19FN4O2S4. The number of rotatable bonds is 7. The normalized spacial score (nSPS) is 11.4. The van der Waals surface area contributed by atoms with Crippen LogP contribution in [0, 0.1) is 16.6 Å². The molecule has 0 bridgehead atoms. The van der Waals surface area contributed by atoms with Crippen LogP contribution in [0.3, 0.4) is 0 Å². The third kappa shape index (κ3) is 6.73. The highest BCUT2D eigenvalue weighted by atomic mass is 32.2. The molecule has 11 heteroatoms. The molecule has 0 aromatic heterocycles. The van der Waals surface area contributed by atoms with Crippen LogP contribution in [0.15, 0.2) is 51.1 Å². The lowest BCUT2D eigenvalue weighted by Gasteiger charge is -2.13. The monoisotopic (exact) mass is 458 g/mol. The standard InChI is InChI=1S/C17H19FN4O2S4/c1-28(23,24)13-4-2-10(8-25-16(19)20)15(7-13)27-14-5-3-12(18)6-11(14)9-26-17(21)22/h2-7H,8-9H2,1H3,(H3,19,20)(H3,21,22). The number of sulfone groups is 1. The summed E-state index contributed by atoms with van der Waals surface area (Å²) in [5.41, 5.74) is 12.3. The molecule has 28 heavy (non-hydrogen) atoms. The minimum atomic E-state index is -3.40. The predicted octanol–water partition coefficient (Wildman–Crippen LogP) is 3.63. The highest BCUT2D eigenvalue weighted by molar-refractivity contribution is 8.13. The quantitative estimate of drug-likeness (QED) is 0.368. The Morgan fingerprint density at radius 3 is 2.14 bits per heavy atom. The largest absolute Gasteiger partial charge is 0.379 e. The van der Waals surface area contributed by atoms with Crippen molar-refractivity contribution in [2.24, 2.45) is 11.5 Å². The molecule has 0 amide bonds. The maximum atomic E-state index is 13.7. The van der Waals surface area contributed by atoms with E-state index in [1.807, 2.05) is 0 Å². The Morgan fingerprint density at radius 1 is 0.964 bits per heavy atom. The van der Waals surface area contributed by atoms with Crippen molar-refractivity contribution in [2.45, 2.75) is 26.2 Å². The zero-order valence-electron chi connectivity index (χ0n) is 14.9. The van der Waals surface area contributed by atoms with Crippen LogP contribution in [0.5, 0.6) is 0 Å². The van der Waals surface area contributed by atoms with Crippen LogP contribution >= 0.6 is 35.3 Å². The summed E-state index contributed by atoms with van der Waals surface area (Å²) >= 11 is 3.52. The Morgan fingerprint density at radius 2 is 1.57 bits per heavy atom. The number of halogens is 1. The minimum Gasteiger partial charge on any atom is -0.379 e. The van der Waals surface area contributed by atoms with Crippen LogP contribution in [0.2, 0.25) is 0 Å². The Hall–Kier alpha value is -1.69. The molecule has 0 aliphatic rings. The Labute approximate surface area is 176 Å². The molecule has 0 radical (unpaired) electrons. The number of thioether (sulfide) groups is 2. The molecule has 6 N–H and O–H groups in total. The summed E-state index contributed by atoms with van der Waals surface area (Å²) in [7, 11) is -3.40. The van der Waals surface area contributed by atoms with E-state index in [0.29, 0.717) is 22.0 Å². The van der Waals surface area contributed by atoms with Crippen molar-refractivity contribution in [1.29, 1.82) is 10.8 Å². The van der Waals surface area contributed by atoms with E-state index in [4.69, 9.17) is 22.3 Å². The van der Waals surface area contributed by atoms with Crippen molar-refractivity contribution in [3.8, 4) is 0 Å². The van der Waals surface area contributed by atoms with E-state index in [0.717, 1.165) is 40.2 Å². The summed E-state index contributed by atoms with van der Waals surface area (Å²) in [5.74, 6) is 0.319. The van der Waals surface area contributed by atoms with E-state index < -0.39 is 15.7 Å². The molecule has 0 atom stereocenters. The van der Waals surface area contributed by atoms with Gasteiger partial charge in [-0.15, -0.1) is 0 Å². The van der Waals surface area contributed by atoms with Gasteiger partial charge in [0.05, 0.1) is 4.90 Å². The fourth-order valence-electron chi connectivity index (χ4n) is 2.17. The van der Waals surface area contributed by atoms with Gasteiger partial charge in [-0.2, -0.15) is 0 Å². The smallest absolute Gasteiger partial charge is 0.175 e. The van der Waals surface area contributed by atoms with Crippen molar-refractivity contribution in [3.05, 3.63) is 53.3 Å². The average molecular weight is 459 g/mol. The van der Waals surface area contributed by atoms with E-state index in [1.54, 1.807) is 18.2 Å². The number of nitrogens with two attached hydrogens (primary N) is 2. The van der Waals surface area contributed by atoms with E-state index in [1.165, 1.54) is 30.0 Å². The van der Waals surface area contributed by atoms with Crippen molar-refractivity contribution >= 4 is 55.5 Å². The molecule has 2 rings (SSSR count). The molecule has 0 fully saturated rings. The van der Waals surface area contributed by atoms with Crippen LogP contribution < -0.4 is 11.5 Å². The fourth-order valence-corrected chi connectivity index (χ4v) is 5.28. The number of benzene rings is 2. The summed E-state index contributed by atoms with van der Waals surface area (Å²) < 4.78 is 37.6. The SMILES string of the molecule is CS(=O)(=O)c1ccc(CSC(=N)N)c(Sc2ccc(F)cc2CSC(=N)N)c1. The maximum absolute atomic E-state index is 13.7. The van der Waals surface area contributed by atoms with Gasteiger partial charge in [-0.3, -0.25) is 10.8 Å². The van der Waals surface area contributed by atoms with Crippen LogP contribution in [-0.2, 0) is 21.3 Å². The lowest BCUT2D eigenvalue weighted by atomic mass is 10.2. The fraction of sp³-hybridized carbons (Fsp3) is 0.176. The number of hydrogen-bond donors (Lipinski definition) is 4. The van der Waals surface area contributed by atoms with Crippen LogP contribution in [0.1, 0.15) is 11.1 Å². The second-order valence-electron chi connectivity index (χ2n) is 5.70. The molecule has 0 saturated carbocycles. The van der Waals surface area contributed by atoms with Crippen LogP contribution in [0.25, 0.3) is 0 Å². The summed E-state index contributed by atoms with van der Waals surface area (Å²) in [4.78, 5) is 1.58. The molecule has 0 heterocycles. The highest BCUT2D eigenvalue weighted by Crippen LogP contribution is 2.37. The Balaban J connectivity index is 2.45. The van der Waals surface area contributed by atoms with Gasteiger partial charge in [0.1, 0.15) is 5.82 Å². The van der Waals surface area contributed by atoms with Crippen molar-refractivity contribution in [1.82, 2.24) is 0 Å². The predicted molar refractivity (Wildman–Crippen MR) is 116 cm³/mol. The topological polar surface area (TPSA) is 134 Å². The first-order valence-corrected chi connectivity index (χ1v) is 12.5. The molecule has 6 nitrogen and oxygen atoms in total. The van der Waals surface area contributed by atoms with Crippen molar-refractivity contribution in [2.75, 3.05) is 6.26 Å². The van der Waals surface area contributed by atoms with Gasteiger partial charge in [-0.05, 0) is 41.5 Å². The van der Waals surface area contributed by atoms with Crippen molar-refractivity contribution in [3.63, 3.8) is 0 Å². The second-order valence-corrected chi connectivity index (χ2v) is 10.8. The van der Waals surface area contributed by atoms with E-state index in [2.05, 4.69) is 0 Å². The van der Waals surface area contributed by atoms with Crippen LogP contribution in [0.4, 0.5) is 4.39 Å². The lowest BCUT2D eigenvalue weighted by Crippen LogP contribution is -2.05. The molecular weight excluding hydrogens is 439 g/mol. The Kier molecular flexibility index (Phi) is 7.81. The highest BCUT2D eigenvalue weighted by Gasteiger charge is 2.15. The summed E-state index contributed by atoms with van der Waals surface area (Å²) in [6, 6.07) is 9.11. The minimum absolute atomic E-state index is 0.0385. The number of amidine groups is 2. The van der Waals surface area contributed by atoms with Gasteiger partial charge >= 0.3 is 0 Å². The molecule has 2 aromatic carbocycles. The summed E-state index contributed by atoms with van der Waals surface area (Å²) in [5, 5.41) is 14.6. The molecule has 0 spiro atoms. The van der Waals surface area contributed by atoms with E-state index in [-0.39, 0.29) is 15.2 Å². The maximum Gasteiger partial charge on any atom is 0.175 e. The van der Waals surface area contributed by atoms with Gasteiger partial charge < -0.3 is 11.5 Å². The van der Waals surface area contributed by atoms with Crippen LogP contribution in [-0.4, -0.2) is 25.0 Å². The Bertz CT molecular complexity index is 1010. The van der Waals surface area contributed by atoms with Gasteiger partial charge in [0.15, 0.2) is 20.2 Å². The zero-order chi connectivity index (χ0) is 20.9. The first kappa shape index (κ1) is 22.6. The first-order valence-electron chi connectivity index (χ1n) is 7.79. The number of nitrogens with one attached hydrogen (secondary N) is 2. The molecule has 0 saturated heterocycles. The molecule has 0 aliphatic heterocycles. The molecule has 2 aromatic rings. The molecule has 0 aliphatic carbocycles. The third-order valence-corrected chi connectivity index (χ3v) is 7.34. The first-order chi connectivity index (χ1) is 13.1. The van der Waals surface area contributed by atoms with Crippen molar-refractivity contribution < 1.29 is 12.8 Å². The van der Waals surface area contributed by atoms with E-state index in [9.17, 15) is 12.8 Å². The molecule has 150 valence electrons. The van der Waals surface area contributed by atoms with Gasteiger partial charge in [0.25, 0.3) is 0 Å². The van der Waals surface area contributed by atoms with Gasteiger partial charge in [-0.25, -0.2) is 12.8 Å². The lowest BCUT2D eigenvalue weighted by molar-refractivity contribution is 0.601.